The monoisotopic (exact) mass is 290 g/mol. The zero-order valence-corrected chi connectivity index (χ0v) is 12.8. The van der Waals surface area contributed by atoms with E-state index in [-0.39, 0.29) is 5.91 Å². The van der Waals surface area contributed by atoms with E-state index in [1.54, 1.807) is 25.8 Å². The number of amides is 1. The Morgan fingerprint density at radius 1 is 1.29 bits per heavy atom. The van der Waals surface area contributed by atoms with Crippen molar-refractivity contribution in [2.75, 3.05) is 31.6 Å². The molecule has 0 aliphatic carbocycles. The Hall–Kier alpha value is -2.04. The SMILES string of the molecule is CN1CCN(c2ccccc2CC(C)(C)C(=O)O)CC1=O. The standard InChI is InChI=1S/C16H22N2O3/c1-16(2,15(20)21)10-12-6-4-5-7-13(12)18-9-8-17(3)14(19)11-18/h4-7H,8-11H2,1-3H3,(H,20,21). The number of para-hydroxylation sites is 1. The predicted molar refractivity (Wildman–Crippen MR) is 81.4 cm³/mol. The van der Waals surface area contributed by atoms with E-state index in [0.29, 0.717) is 19.5 Å². The zero-order chi connectivity index (χ0) is 15.6. The highest BCUT2D eigenvalue weighted by molar-refractivity contribution is 5.83. The molecule has 1 aromatic carbocycles. The maximum atomic E-state index is 11.9. The number of benzene rings is 1. The molecule has 0 bridgehead atoms. The van der Waals surface area contributed by atoms with E-state index in [1.807, 2.05) is 29.2 Å². The fraction of sp³-hybridized carbons (Fsp3) is 0.500. The van der Waals surface area contributed by atoms with Gasteiger partial charge in [-0.3, -0.25) is 9.59 Å². The number of nitrogens with zero attached hydrogens (tertiary/aromatic N) is 2. The summed E-state index contributed by atoms with van der Waals surface area (Å²) in [5.41, 5.74) is 1.11. The Labute approximate surface area is 125 Å². The number of anilines is 1. The molecule has 1 N–H and O–H groups in total. The number of carboxylic acid groups (broad SMARTS) is 1. The molecule has 114 valence electrons. The maximum absolute atomic E-state index is 11.9. The van der Waals surface area contributed by atoms with Crippen molar-refractivity contribution in [3.63, 3.8) is 0 Å². The summed E-state index contributed by atoms with van der Waals surface area (Å²) in [4.78, 5) is 27.0. The summed E-state index contributed by atoms with van der Waals surface area (Å²) < 4.78 is 0. The Balaban J connectivity index is 2.25. The second-order valence-electron chi connectivity index (χ2n) is 6.23. The number of rotatable bonds is 4. The number of carboxylic acids is 1. The minimum absolute atomic E-state index is 0.0912. The summed E-state index contributed by atoms with van der Waals surface area (Å²) in [6.07, 6.45) is 0.443. The van der Waals surface area contributed by atoms with Crippen LogP contribution in [0.2, 0.25) is 0 Å². The average molecular weight is 290 g/mol. The van der Waals surface area contributed by atoms with Crippen molar-refractivity contribution in [2.45, 2.75) is 20.3 Å². The minimum atomic E-state index is -0.827. The van der Waals surface area contributed by atoms with Gasteiger partial charge in [-0.25, -0.2) is 0 Å². The number of carbonyl (C=O) groups is 2. The van der Waals surface area contributed by atoms with Crippen LogP contribution in [0.4, 0.5) is 5.69 Å². The van der Waals surface area contributed by atoms with Gasteiger partial charge in [0.2, 0.25) is 5.91 Å². The highest BCUT2D eigenvalue weighted by atomic mass is 16.4. The molecule has 0 radical (unpaired) electrons. The number of hydrogen-bond acceptors (Lipinski definition) is 3. The van der Waals surface area contributed by atoms with Gasteiger partial charge in [-0.05, 0) is 31.9 Å². The second-order valence-corrected chi connectivity index (χ2v) is 6.23. The third-order valence-electron chi connectivity index (χ3n) is 4.00. The maximum Gasteiger partial charge on any atom is 0.309 e. The van der Waals surface area contributed by atoms with Crippen molar-refractivity contribution in [2.24, 2.45) is 5.41 Å². The second kappa shape index (κ2) is 5.76. The lowest BCUT2D eigenvalue weighted by Gasteiger charge is -2.35. The number of carbonyl (C=O) groups excluding carboxylic acids is 1. The van der Waals surface area contributed by atoms with Crippen LogP contribution < -0.4 is 4.90 Å². The Morgan fingerprint density at radius 3 is 2.57 bits per heavy atom. The molecule has 21 heavy (non-hydrogen) atoms. The molecule has 5 heteroatoms. The van der Waals surface area contributed by atoms with Crippen molar-refractivity contribution in [3.8, 4) is 0 Å². The summed E-state index contributed by atoms with van der Waals surface area (Å²) in [7, 11) is 1.80. The summed E-state index contributed by atoms with van der Waals surface area (Å²) in [5.74, 6) is -0.722. The third-order valence-corrected chi connectivity index (χ3v) is 4.00. The Kier molecular flexibility index (Phi) is 4.21. The topological polar surface area (TPSA) is 60.9 Å². The molecule has 0 aromatic heterocycles. The van der Waals surface area contributed by atoms with Crippen LogP contribution in [0.1, 0.15) is 19.4 Å². The molecule has 1 fully saturated rings. The van der Waals surface area contributed by atoms with Gasteiger partial charge in [-0.1, -0.05) is 18.2 Å². The highest BCUT2D eigenvalue weighted by Crippen LogP contribution is 2.29. The molecule has 0 spiro atoms. The van der Waals surface area contributed by atoms with Crippen LogP contribution in [0.25, 0.3) is 0 Å². The van der Waals surface area contributed by atoms with Crippen molar-refractivity contribution < 1.29 is 14.7 Å². The zero-order valence-electron chi connectivity index (χ0n) is 12.8. The van der Waals surface area contributed by atoms with Gasteiger partial charge in [0.1, 0.15) is 0 Å². The molecule has 1 aromatic rings. The van der Waals surface area contributed by atoms with Crippen LogP contribution >= 0.6 is 0 Å². The van der Waals surface area contributed by atoms with E-state index in [0.717, 1.165) is 17.8 Å². The van der Waals surface area contributed by atoms with Gasteiger partial charge >= 0.3 is 5.97 Å². The fourth-order valence-corrected chi connectivity index (χ4v) is 2.48. The lowest BCUT2D eigenvalue weighted by atomic mass is 9.85. The molecule has 1 amide bonds. The summed E-state index contributed by atoms with van der Waals surface area (Å²) in [6, 6.07) is 7.75. The first-order chi connectivity index (χ1) is 9.81. The first-order valence-corrected chi connectivity index (χ1v) is 7.11. The molecular weight excluding hydrogens is 268 g/mol. The van der Waals surface area contributed by atoms with Gasteiger partial charge < -0.3 is 14.9 Å². The van der Waals surface area contributed by atoms with Crippen LogP contribution in [0.3, 0.4) is 0 Å². The van der Waals surface area contributed by atoms with Crippen LogP contribution in [-0.2, 0) is 16.0 Å². The molecule has 1 aliphatic heterocycles. The van der Waals surface area contributed by atoms with Gasteiger partial charge in [0, 0.05) is 25.8 Å². The number of piperazine rings is 1. The summed E-state index contributed by atoms with van der Waals surface area (Å²) in [6.45, 7) is 5.26. The van der Waals surface area contributed by atoms with E-state index in [4.69, 9.17) is 0 Å². The molecular formula is C16H22N2O3. The largest absolute Gasteiger partial charge is 0.481 e. The average Bonchev–Trinajstić information content (AvgIpc) is 2.42. The van der Waals surface area contributed by atoms with E-state index in [2.05, 4.69) is 0 Å². The predicted octanol–water partition coefficient (Wildman–Crippen LogP) is 1.62. The number of aliphatic carboxylic acids is 1. The van der Waals surface area contributed by atoms with Crippen molar-refractivity contribution in [3.05, 3.63) is 29.8 Å². The summed E-state index contributed by atoms with van der Waals surface area (Å²) in [5, 5.41) is 9.31. The van der Waals surface area contributed by atoms with E-state index < -0.39 is 11.4 Å². The van der Waals surface area contributed by atoms with E-state index >= 15 is 0 Å². The molecule has 0 atom stereocenters. The third kappa shape index (κ3) is 3.35. The van der Waals surface area contributed by atoms with Crippen molar-refractivity contribution in [1.82, 2.24) is 4.90 Å². The lowest BCUT2D eigenvalue weighted by molar-refractivity contribution is -0.146. The van der Waals surface area contributed by atoms with Crippen molar-refractivity contribution in [1.29, 1.82) is 0 Å². The highest BCUT2D eigenvalue weighted by Gasteiger charge is 2.30. The number of hydrogen-bond donors (Lipinski definition) is 1. The molecule has 0 unspecified atom stereocenters. The van der Waals surface area contributed by atoms with E-state index in [9.17, 15) is 14.7 Å². The van der Waals surface area contributed by atoms with Crippen LogP contribution in [0.15, 0.2) is 24.3 Å². The smallest absolute Gasteiger partial charge is 0.309 e. The molecule has 1 saturated heterocycles. The van der Waals surface area contributed by atoms with Gasteiger partial charge in [0.15, 0.2) is 0 Å². The molecule has 5 nitrogen and oxygen atoms in total. The Morgan fingerprint density at radius 2 is 1.95 bits per heavy atom. The molecule has 0 saturated carbocycles. The van der Waals surface area contributed by atoms with Gasteiger partial charge in [-0.15, -0.1) is 0 Å². The molecule has 1 aliphatic rings. The van der Waals surface area contributed by atoms with Gasteiger partial charge in [0.05, 0.1) is 12.0 Å². The van der Waals surface area contributed by atoms with Gasteiger partial charge in [0.25, 0.3) is 0 Å². The van der Waals surface area contributed by atoms with Crippen molar-refractivity contribution >= 4 is 17.6 Å². The first-order valence-electron chi connectivity index (χ1n) is 7.11. The van der Waals surface area contributed by atoms with Crippen LogP contribution in [0.5, 0.6) is 0 Å². The lowest BCUT2D eigenvalue weighted by Crippen LogP contribution is -2.49. The minimum Gasteiger partial charge on any atom is -0.481 e. The van der Waals surface area contributed by atoms with Crippen LogP contribution in [0, 0.1) is 5.41 Å². The molecule has 1 heterocycles. The quantitative estimate of drug-likeness (QED) is 0.915. The number of likely N-dealkylation sites (N-methyl/N-ethyl adjacent to an activating group) is 1. The normalized spacial score (nSPS) is 16.2. The first kappa shape index (κ1) is 15.4. The Bertz CT molecular complexity index is 554. The van der Waals surface area contributed by atoms with Gasteiger partial charge in [-0.2, -0.15) is 0 Å². The molecule has 2 rings (SSSR count). The van der Waals surface area contributed by atoms with E-state index in [1.165, 1.54) is 0 Å². The van der Waals surface area contributed by atoms with Crippen LogP contribution in [-0.4, -0.2) is 48.6 Å². The fourth-order valence-electron chi connectivity index (χ4n) is 2.48. The summed E-state index contributed by atoms with van der Waals surface area (Å²) >= 11 is 0.